The summed E-state index contributed by atoms with van der Waals surface area (Å²) in [5.41, 5.74) is 1.82. The van der Waals surface area contributed by atoms with E-state index < -0.39 is 5.25 Å². The van der Waals surface area contributed by atoms with Crippen molar-refractivity contribution in [1.29, 1.82) is 0 Å². The molecule has 0 aliphatic carbocycles. The Kier molecular flexibility index (Phi) is 7.01. The number of anilines is 1. The van der Waals surface area contributed by atoms with Gasteiger partial charge in [-0.25, -0.2) is 4.98 Å². The lowest BCUT2D eigenvalue weighted by Gasteiger charge is -2.19. The van der Waals surface area contributed by atoms with Crippen LogP contribution in [0, 0.1) is 0 Å². The largest absolute Gasteiger partial charge is 0.495 e. The topological polar surface area (TPSA) is 73.2 Å². The minimum Gasteiger partial charge on any atom is -0.495 e. The second kappa shape index (κ2) is 10.1. The molecule has 1 heterocycles. The number of benzene rings is 3. The van der Waals surface area contributed by atoms with Gasteiger partial charge in [0, 0.05) is 12.2 Å². The fourth-order valence-electron chi connectivity index (χ4n) is 3.47. The predicted octanol–water partition coefficient (Wildman–Crippen LogP) is 5.55. The number of amides is 1. The SMILES string of the molecule is CCn1c(SC(C(=O)Nc2ccc(OC)c(Cl)c2)c2ccccc2)nc2ccccc2c1=O. The summed E-state index contributed by atoms with van der Waals surface area (Å²) < 4.78 is 6.78. The van der Waals surface area contributed by atoms with Crippen molar-refractivity contribution in [1.82, 2.24) is 9.55 Å². The Bertz CT molecular complexity index is 1360. The normalized spacial score (nSPS) is 11.8. The molecule has 1 aromatic heterocycles. The summed E-state index contributed by atoms with van der Waals surface area (Å²) in [6, 6.07) is 21.7. The van der Waals surface area contributed by atoms with Gasteiger partial charge in [-0.15, -0.1) is 0 Å². The second-order valence-electron chi connectivity index (χ2n) is 7.21. The highest BCUT2D eigenvalue weighted by Gasteiger charge is 2.25. The van der Waals surface area contributed by atoms with E-state index in [1.54, 1.807) is 34.9 Å². The Morgan fingerprint density at radius 3 is 2.55 bits per heavy atom. The summed E-state index contributed by atoms with van der Waals surface area (Å²) in [6.07, 6.45) is 0. The van der Waals surface area contributed by atoms with E-state index in [1.807, 2.05) is 49.4 Å². The molecule has 1 atom stereocenters. The van der Waals surface area contributed by atoms with Gasteiger partial charge in [0.25, 0.3) is 5.56 Å². The number of thioether (sulfide) groups is 1. The lowest BCUT2D eigenvalue weighted by Crippen LogP contribution is -2.24. The molecule has 3 aromatic carbocycles. The summed E-state index contributed by atoms with van der Waals surface area (Å²) in [6.45, 7) is 2.33. The molecule has 0 radical (unpaired) electrons. The second-order valence-corrected chi connectivity index (χ2v) is 8.69. The summed E-state index contributed by atoms with van der Waals surface area (Å²) in [5, 5.41) is 3.72. The molecule has 4 rings (SSSR count). The molecule has 0 aliphatic heterocycles. The highest BCUT2D eigenvalue weighted by atomic mass is 35.5. The van der Waals surface area contributed by atoms with Gasteiger partial charge < -0.3 is 10.1 Å². The number of hydrogen-bond acceptors (Lipinski definition) is 5. The molecule has 1 amide bonds. The number of para-hydroxylation sites is 1. The molecule has 0 fully saturated rings. The number of methoxy groups -OCH3 is 1. The molecule has 33 heavy (non-hydrogen) atoms. The van der Waals surface area contributed by atoms with Crippen LogP contribution in [0.15, 0.2) is 82.7 Å². The number of hydrogen-bond donors (Lipinski definition) is 1. The molecule has 8 heteroatoms. The van der Waals surface area contributed by atoms with Crippen LogP contribution < -0.4 is 15.6 Å². The number of nitrogens with zero attached hydrogens (tertiary/aromatic N) is 2. The van der Waals surface area contributed by atoms with Crippen LogP contribution in [0.4, 0.5) is 5.69 Å². The van der Waals surface area contributed by atoms with Crippen LogP contribution >= 0.6 is 23.4 Å². The van der Waals surface area contributed by atoms with E-state index in [-0.39, 0.29) is 11.5 Å². The fraction of sp³-hybridized carbons (Fsp3) is 0.160. The van der Waals surface area contributed by atoms with E-state index >= 15 is 0 Å². The lowest BCUT2D eigenvalue weighted by molar-refractivity contribution is -0.115. The van der Waals surface area contributed by atoms with Crippen LogP contribution in [0.3, 0.4) is 0 Å². The summed E-state index contributed by atoms with van der Waals surface area (Å²) in [5.74, 6) is 0.272. The van der Waals surface area contributed by atoms with E-state index in [9.17, 15) is 9.59 Å². The maximum absolute atomic E-state index is 13.4. The maximum Gasteiger partial charge on any atom is 0.262 e. The number of halogens is 1. The van der Waals surface area contributed by atoms with E-state index in [4.69, 9.17) is 21.3 Å². The van der Waals surface area contributed by atoms with Crippen LogP contribution in [-0.4, -0.2) is 22.6 Å². The molecular formula is C25H22ClN3O3S. The van der Waals surface area contributed by atoms with Gasteiger partial charge in [-0.05, 0) is 42.8 Å². The van der Waals surface area contributed by atoms with E-state index in [2.05, 4.69) is 5.32 Å². The van der Waals surface area contributed by atoms with Gasteiger partial charge in [0.15, 0.2) is 5.16 Å². The zero-order valence-electron chi connectivity index (χ0n) is 18.1. The van der Waals surface area contributed by atoms with E-state index in [0.29, 0.717) is 39.1 Å². The molecule has 1 N–H and O–H groups in total. The summed E-state index contributed by atoms with van der Waals surface area (Å²) in [7, 11) is 1.53. The molecule has 0 spiro atoms. The molecule has 1 unspecified atom stereocenters. The Labute approximate surface area is 200 Å². The minimum absolute atomic E-state index is 0.125. The summed E-state index contributed by atoms with van der Waals surface area (Å²) in [4.78, 5) is 31.2. The highest BCUT2D eigenvalue weighted by molar-refractivity contribution is 8.00. The Morgan fingerprint density at radius 2 is 1.85 bits per heavy atom. The number of carbonyl (C=O) groups is 1. The minimum atomic E-state index is -0.641. The molecule has 0 saturated heterocycles. The highest BCUT2D eigenvalue weighted by Crippen LogP contribution is 2.36. The first kappa shape index (κ1) is 22.9. The van der Waals surface area contributed by atoms with Crippen molar-refractivity contribution < 1.29 is 9.53 Å². The van der Waals surface area contributed by atoms with Crippen molar-refractivity contribution in [2.45, 2.75) is 23.9 Å². The van der Waals surface area contributed by atoms with Gasteiger partial charge in [0.05, 0.1) is 23.0 Å². The molecule has 4 aromatic rings. The van der Waals surface area contributed by atoms with Gasteiger partial charge in [-0.3, -0.25) is 14.2 Å². The molecule has 0 saturated carbocycles. The number of nitrogens with one attached hydrogen (secondary N) is 1. The van der Waals surface area contributed by atoms with Gasteiger partial charge >= 0.3 is 0 Å². The third kappa shape index (κ3) is 4.89. The Balaban J connectivity index is 1.72. The number of carbonyl (C=O) groups excluding carboxylic acids is 1. The predicted molar refractivity (Wildman–Crippen MR) is 133 cm³/mol. The number of rotatable bonds is 7. The van der Waals surface area contributed by atoms with Gasteiger partial charge in [0.2, 0.25) is 5.91 Å². The van der Waals surface area contributed by atoms with E-state index in [1.165, 1.54) is 18.9 Å². The van der Waals surface area contributed by atoms with Crippen molar-refractivity contribution >= 4 is 45.9 Å². The van der Waals surface area contributed by atoms with Crippen LogP contribution in [0.5, 0.6) is 5.75 Å². The van der Waals surface area contributed by atoms with Gasteiger partial charge in [-0.2, -0.15) is 0 Å². The monoisotopic (exact) mass is 479 g/mol. The number of ether oxygens (including phenoxy) is 1. The van der Waals surface area contributed by atoms with Gasteiger partial charge in [-0.1, -0.05) is 65.8 Å². The van der Waals surface area contributed by atoms with Crippen LogP contribution in [0.25, 0.3) is 10.9 Å². The molecule has 168 valence electrons. The van der Waals surface area contributed by atoms with Crippen molar-refractivity contribution in [2.24, 2.45) is 0 Å². The third-order valence-corrected chi connectivity index (χ3v) is 6.67. The molecule has 0 bridgehead atoms. The van der Waals surface area contributed by atoms with Crippen molar-refractivity contribution in [3.8, 4) is 5.75 Å². The molecule has 0 aliphatic rings. The standard InChI is InChI=1S/C25H22ClN3O3S/c1-3-29-24(31)18-11-7-8-12-20(18)28-25(29)33-22(16-9-5-4-6-10-16)23(30)27-17-13-14-21(32-2)19(26)15-17/h4-15,22H,3H2,1-2H3,(H,27,30). The number of aromatic nitrogens is 2. The average molecular weight is 480 g/mol. The average Bonchev–Trinajstić information content (AvgIpc) is 2.83. The maximum atomic E-state index is 13.4. The first-order valence-electron chi connectivity index (χ1n) is 10.4. The smallest absolute Gasteiger partial charge is 0.262 e. The first-order chi connectivity index (χ1) is 16.0. The molecule has 6 nitrogen and oxygen atoms in total. The number of fused-ring (bicyclic) bond motifs is 1. The van der Waals surface area contributed by atoms with Crippen molar-refractivity contribution in [3.05, 3.63) is 93.7 Å². The fourth-order valence-corrected chi connectivity index (χ4v) is 4.89. The zero-order valence-corrected chi connectivity index (χ0v) is 19.7. The van der Waals surface area contributed by atoms with Crippen LogP contribution in [-0.2, 0) is 11.3 Å². The zero-order chi connectivity index (χ0) is 23.4. The van der Waals surface area contributed by atoms with Gasteiger partial charge in [0.1, 0.15) is 11.0 Å². The van der Waals surface area contributed by atoms with Crippen LogP contribution in [0.2, 0.25) is 5.02 Å². The summed E-state index contributed by atoms with van der Waals surface area (Å²) >= 11 is 7.47. The van der Waals surface area contributed by atoms with Crippen molar-refractivity contribution in [2.75, 3.05) is 12.4 Å². The first-order valence-corrected chi connectivity index (χ1v) is 11.6. The quantitative estimate of drug-likeness (QED) is 0.278. The van der Waals surface area contributed by atoms with E-state index in [0.717, 1.165) is 5.56 Å². The van der Waals surface area contributed by atoms with Crippen molar-refractivity contribution in [3.63, 3.8) is 0 Å². The van der Waals surface area contributed by atoms with Crippen LogP contribution in [0.1, 0.15) is 17.7 Å². The Hall–Kier alpha value is -3.29. The lowest BCUT2D eigenvalue weighted by atomic mass is 10.1. The molecular weight excluding hydrogens is 458 g/mol. The third-order valence-electron chi connectivity index (χ3n) is 5.13. The Morgan fingerprint density at radius 1 is 1.12 bits per heavy atom.